The van der Waals surface area contributed by atoms with Gasteiger partial charge in [-0.1, -0.05) is 6.92 Å². The first kappa shape index (κ1) is 16.0. The average Bonchev–Trinajstić information content (AvgIpc) is 2.55. The van der Waals surface area contributed by atoms with E-state index in [-0.39, 0.29) is 0 Å². The van der Waals surface area contributed by atoms with Gasteiger partial charge in [-0.05, 0) is 56.7 Å². The van der Waals surface area contributed by atoms with E-state index in [0.29, 0.717) is 18.4 Å². The van der Waals surface area contributed by atoms with Crippen molar-refractivity contribution in [1.82, 2.24) is 4.98 Å². The molecule has 2 rings (SSSR count). The first-order valence-electron chi connectivity index (χ1n) is 7.69. The molecule has 116 valence electrons. The maximum absolute atomic E-state index is 8.46. The molecule has 0 fully saturated rings. The summed E-state index contributed by atoms with van der Waals surface area (Å²) in [5.74, 6) is 1.58. The van der Waals surface area contributed by atoms with Crippen LogP contribution in [0.3, 0.4) is 0 Å². The molecule has 0 saturated carbocycles. The van der Waals surface area contributed by atoms with Gasteiger partial charge in [0.2, 0.25) is 0 Å². The van der Waals surface area contributed by atoms with E-state index in [2.05, 4.69) is 24.1 Å². The Morgan fingerprint density at radius 1 is 1.23 bits per heavy atom. The van der Waals surface area contributed by atoms with Gasteiger partial charge < -0.3 is 10.1 Å². The molecule has 1 heterocycles. The quantitative estimate of drug-likeness (QED) is 0.756. The van der Waals surface area contributed by atoms with Gasteiger partial charge in [-0.15, -0.1) is 0 Å². The number of hydrogen-bond acceptors (Lipinski definition) is 4. The van der Waals surface area contributed by atoms with Crippen LogP contribution < -0.4 is 10.1 Å². The lowest BCUT2D eigenvalue weighted by Gasteiger charge is -2.16. The first-order valence-corrected chi connectivity index (χ1v) is 7.69. The number of ether oxygens (including phenoxy) is 1. The number of pyridine rings is 1. The van der Waals surface area contributed by atoms with Gasteiger partial charge in [-0.3, -0.25) is 5.41 Å². The number of nitrogens with one attached hydrogen (secondary N) is 2. The van der Waals surface area contributed by atoms with Crippen LogP contribution in [0.25, 0.3) is 0 Å². The Labute approximate surface area is 132 Å². The van der Waals surface area contributed by atoms with Crippen LogP contribution in [0.4, 0.5) is 5.82 Å². The predicted molar refractivity (Wildman–Crippen MR) is 91.2 cm³/mol. The molecule has 0 bridgehead atoms. The van der Waals surface area contributed by atoms with Crippen molar-refractivity contribution in [1.29, 1.82) is 5.41 Å². The molecule has 0 aliphatic heterocycles. The predicted octanol–water partition coefficient (Wildman–Crippen LogP) is 4.11. The molecule has 22 heavy (non-hydrogen) atoms. The molecule has 4 nitrogen and oxygen atoms in total. The largest absolute Gasteiger partial charge is 0.494 e. The zero-order valence-corrected chi connectivity index (χ0v) is 13.4. The molecular weight excluding hydrogens is 274 g/mol. The lowest BCUT2D eigenvalue weighted by Crippen LogP contribution is -2.17. The van der Waals surface area contributed by atoms with E-state index in [0.717, 1.165) is 29.1 Å². The molecule has 0 aliphatic rings. The van der Waals surface area contributed by atoms with Crippen LogP contribution >= 0.6 is 0 Å². The van der Waals surface area contributed by atoms with Crippen molar-refractivity contribution >= 4 is 11.5 Å². The Morgan fingerprint density at radius 2 is 1.95 bits per heavy atom. The fraction of sp³-hybridized carbons (Fsp3) is 0.333. The van der Waals surface area contributed by atoms with Gasteiger partial charge in [0.1, 0.15) is 11.6 Å². The standard InChI is InChI=1S/C18H23N3O/c1-4-13(3)21-18-16(7-6-12-20-18)17(19)14-8-10-15(11-9-14)22-5-2/h6-13,19H,4-5H2,1-3H3,(H,20,21). The monoisotopic (exact) mass is 297 g/mol. The van der Waals surface area contributed by atoms with Crippen molar-refractivity contribution in [3.8, 4) is 5.75 Å². The summed E-state index contributed by atoms with van der Waals surface area (Å²) in [4.78, 5) is 4.38. The number of hydrogen-bond donors (Lipinski definition) is 2. The summed E-state index contributed by atoms with van der Waals surface area (Å²) >= 11 is 0. The second-order valence-corrected chi connectivity index (χ2v) is 5.19. The third-order valence-corrected chi connectivity index (χ3v) is 3.53. The molecule has 0 spiro atoms. The van der Waals surface area contributed by atoms with Gasteiger partial charge in [0.05, 0.1) is 12.3 Å². The lowest BCUT2D eigenvalue weighted by atomic mass is 10.0. The summed E-state index contributed by atoms with van der Waals surface area (Å²) < 4.78 is 5.44. The van der Waals surface area contributed by atoms with Crippen LogP contribution in [0.15, 0.2) is 42.6 Å². The molecule has 0 amide bonds. The minimum atomic E-state index is 0.321. The summed E-state index contributed by atoms with van der Waals surface area (Å²) in [7, 11) is 0. The van der Waals surface area contributed by atoms with Crippen molar-refractivity contribution in [2.75, 3.05) is 11.9 Å². The van der Waals surface area contributed by atoms with Crippen LogP contribution in [-0.2, 0) is 0 Å². The molecule has 2 aromatic rings. The Balaban J connectivity index is 2.25. The second-order valence-electron chi connectivity index (χ2n) is 5.19. The van der Waals surface area contributed by atoms with E-state index < -0.39 is 0 Å². The van der Waals surface area contributed by atoms with Gasteiger partial charge in [0.15, 0.2) is 0 Å². The van der Waals surface area contributed by atoms with Gasteiger partial charge in [0.25, 0.3) is 0 Å². The van der Waals surface area contributed by atoms with Gasteiger partial charge in [-0.2, -0.15) is 0 Å². The SMILES string of the molecule is CCOc1ccc(C(=N)c2cccnc2NC(C)CC)cc1. The molecule has 1 aromatic heterocycles. The maximum Gasteiger partial charge on any atom is 0.135 e. The number of nitrogens with zero attached hydrogens (tertiary/aromatic N) is 1. The summed E-state index contributed by atoms with van der Waals surface area (Å²) in [6.45, 7) is 6.83. The first-order chi connectivity index (χ1) is 10.7. The number of anilines is 1. The number of benzene rings is 1. The molecule has 4 heteroatoms. The summed E-state index contributed by atoms with van der Waals surface area (Å²) in [5, 5.41) is 11.8. The van der Waals surface area contributed by atoms with E-state index in [1.807, 2.05) is 43.3 Å². The number of rotatable bonds is 7. The Hall–Kier alpha value is -2.36. The smallest absolute Gasteiger partial charge is 0.135 e. The van der Waals surface area contributed by atoms with Crippen LogP contribution in [0, 0.1) is 5.41 Å². The Bertz CT molecular complexity index is 622. The molecule has 2 N–H and O–H groups in total. The molecule has 1 atom stereocenters. The lowest BCUT2D eigenvalue weighted by molar-refractivity contribution is 0.340. The van der Waals surface area contributed by atoms with E-state index >= 15 is 0 Å². The van der Waals surface area contributed by atoms with Crippen LogP contribution in [0.5, 0.6) is 5.75 Å². The normalized spacial score (nSPS) is 11.8. The topological polar surface area (TPSA) is 58.0 Å². The summed E-state index contributed by atoms with van der Waals surface area (Å²) in [6.07, 6.45) is 2.76. The summed E-state index contributed by atoms with van der Waals surface area (Å²) in [6, 6.07) is 11.7. The van der Waals surface area contributed by atoms with Crippen molar-refractivity contribution in [2.24, 2.45) is 0 Å². The fourth-order valence-corrected chi connectivity index (χ4v) is 2.10. The highest BCUT2D eigenvalue weighted by Gasteiger charge is 2.12. The van der Waals surface area contributed by atoms with Crippen molar-refractivity contribution in [3.05, 3.63) is 53.7 Å². The van der Waals surface area contributed by atoms with Crippen LogP contribution in [-0.4, -0.2) is 23.3 Å². The molecule has 0 saturated heterocycles. The zero-order chi connectivity index (χ0) is 15.9. The zero-order valence-electron chi connectivity index (χ0n) is 13.4. The fourth-order valence-electron chi connectivity index (χ4n) is 2.10. The molecule has 0 radical (unpaired) electrons. The van der Waals surface area contributed by atoms with Crippen LogP contribution in [0.2, 0.25) is 0 Å². The highest BCUT2D eigenvalue weighted by Crippen LogP contribution is 2.20. The minimum absolute atomic E-state index is 0.321. The van der Waals surface area contributed by atoms with Crippen molar-refractivity contribution in [3.63, 3.8) is 0 Å². The molecule has 0 aliphatic carbocycles. The molecular formula is C18H23N3O. The Morgan fingerprint density at radius 3 is 2.59 bits per heavy atom. The van der Waals surface area contributed by atoms with E-state index in [4.69, 9.17) is 10.1 Å². The van der Waals surface area contributed by atoms with Crippen molar-refractivity contribution in [2.45, 2.75) is 33.2 Å². The van der Waals surface area contributed by atoms with Gasteiger partial charge in [-0.25, -0.2) is 4.98 Å². The van der Waals surface area contributed by atoms with E-state index in [1.165, 1.54) is 0 Å². The van der Waals surface area contributed by atoms with E-state index in [9.17, 15) is 0 Å². The maximum atomic E-state index is 8.46. The molecule has 1 unspecified atom stereocenters. The highest BCUT2D eigenvalue weighted by molar-refractivity contribution is 6.13. The van der Waals surface area contributed by atoms with Crippen molar-refractivity contribution < 1.29 is 4.74 Å². The van der Waals surface area contributed by atoms with Crippen LogP contribution in [0.1, 0.15) is 38.3 Å². The average molecular weight is 297 g/mol. The molecule has 1 aromatic carbocycles. The van der Waals surface area contributed by atoms with Gasteiger partial charge in [0, 0.05) is 23.4 Å². The minimum Gasteiger partial charge on any atom is -0.494 e. The van der Waals surface area contributed by atoms with Gasteiger partial charge >= 0.3 is 0 Å². The highest BCUT2D eigenvalue weighted by atomic mass is 16.5. The number of aromatic nitrogens is 1. The second kappa shape index (κ2) is 7.59. The Kier molecular flexibility index (Phi) is 5.53. The van der Waals surface area contributed by atoms with E-state index in [1.54, 1.807) is 6.20 Å². The third-order valence-electron chi connectivity index (χ3n) is 3.53. The summed E-state index contributed by atoms with van der Waals surface area (Å²) in [5.41, 5.74) is 2.12. The third kappa shape index (κ3) is 3.85.